The maximum atomic E-state index is 12.3. The van der Waals surface area contributed by atoms with Gasteiger partial charge in [-0.05, 0) is 42.1 Å². The molecule has 3 rings (SSSR count). The first kappa shape index (κ1) is 16.6. The second-order valence-electron chi connectivity index (χ2n) is 5.21. The first-order chi connectivity index (χ1) is 11.5. The largest absolute Gasteiger partial charge is 0.461 e. The van der Waals surface area contributed by atoms with E-state index in [1.54, 1.807) is 60.8 Å². The van der Waals surface area contributed by atoms with E-state index in [1.807, 2.05) is 0 Å². The summed E-state index contributed by atoms with van der Waals surface area (Å²) in [7, 11) is -3.58. The van der Waals surface area contributed by atoms with E-state index in [2.05, 4.69) is 4.72 Å². The number of carbonyl (C=O) groups is 1. The van der Waals surface area contributed by atoms with Crippen molar-refractivity contribution in [2.24, 2.45) is 0 Å². The van der Waals surface area contributed by atoms with Crippen LogP contribution in [0.4, 0.5) is 0 Å². The van der Waals surface area contributed by atoms with E-state index in [0.29, 0.717) is 11.1 Å². The highest BCUT2D eigenvalue weighted by Gasteiger charge is 2.20. The monoisotopic (exact) mass is 361 g/mol. The number of hydrogen-bond donors (Lipinski definition) is 1. The van der Waals surface area contributed by atoms with Gasteiger partial charge in [-0.15, -0.1) is 11.3 Å². The van der Waals surface area contributed by atoms with Gasteiger partial charge in [0, 0.05) is 11.6 Å². The molecule has 0 aliphatic heterocycles. The third-order valence-corrected chi connectivity index (χ3v) is 6.42. The van der Waals surface area contributed by atoms with Gasteiger partial charge in [-0.1, -0.05) is 24.3 Å². The lowest BCUT2D eigenvalue weighted by Crippen LogP contribution is -2.26. The Bertz CT molecular complexity index is 929. The molecular weight excluding hydrogens is 346 g/mol. The molecule has 2 aromatic heterocycles. The van der Waals surface area contributed by atoms with Crippen molar-refractivity contribution in [3.63, 3.8) is 0 Å². The Hall–Kier alpha value is -2.22. The van der Waals surface area contributed by atoms with Crippen LogP contribution >= 0.6 is 11.3 Å². The summed E-state index contributed by atoms with van der Waals surface area (Å²) in [4.78, 5) is 12.3. The van der Waals surface area contributed by atoms with Crippen molar-refractivity contribution in [2.75, 3.05) is 0 Å². The quantitative estimate of drug-likeness (QED) is 0.681. The second-order valence-corrected chi connectivity index (χ2v) is 8.10. The van der Waals surface area contributed by atoms with E-state index in [0.717, 1.165) is 11.3 Å². The number of rotatable bonds is 6. The minimum absolute atomic E-state index is 0.241. The molecule has 0 spiro atoms. The summed E-state index contributed by atoms with van der Waals surface area (Å²) in [5.41, 5.74) is 1.15. The van der Waals surface area contributed by atoms with Crippen molar-refractivity contribution in [1.29, 1.82) is 0 Å². The zero-order chi connectivity index (χ0) is 17.2. The predicted octanol–water partition coefficient (Wildman–Crippen LogP) is 3.61. The normalized spacial score (nSPS) is 12.9. The van der Waals surface area contributed by atoms with E-state index < -0.39 is 16.1 Å². The maximum Gasteiger partial charge on any atom is 0.250 e. The summed E-state index contributed by atoms with van der Waals surface area (Å²) >= 11 is 1.16. The van der Waals surface area contributed by atoms with Crippen LogP contribution in [0.5, 0.6) is 0 Å². The standard InChI is InChI=1S/C17H15NO4S2/c1-12(18-24(20,21)16-8-4-10-23-16)13-5-2-6-14(11-13)17(19)15-7-3-9-22-15/h2-12,18H,1H3/t12-/m1/s1. The molecule has 2 heterocycles. The lowest BCUT2D eigenvalue weighted by atomic mass is 10.0. The van der Waals surface area contributed by atoms with Crippen LogP contribution in [0.2, 0.25) is 0 Å². The van der Waals surface area contributed by atoms with E-state index in [4.69, 9.17) is 4.42 Å². The Balaban J connectivity index is 1.82. The molecule has 0 amide bonds. The molecule has 1 N–H and O–H groups in total. The third kappa shape index (κ3) is 3.48. The molecule has 0 saturated heterocycles. The molecule has 0 bridgehead atoms. The van der Waals surface area contributed by atoms with Crippen molar-refractivity contribution in [1.82, 2.24) is 4.72 Å². The van der Waals surface area contributed by atoms with Crippen LogP contribution < -0.4 is 4.72 Å². The number of ketones is 1. The summed E-state index contributed by atoms with van der Waals surface area (Å²) < 4.78 is 32.6. The highest BCUT2D eigenvalue weighted by molar-refractivity contribution is 7.91. The van der Waals surface area contributed by atoms with E-state index >= 15 is 0 Å². The van der Waals surface area contributed by atoms with Crippen LogP contribution in [-0.4, -0.2) is 14.2 Å². The average molecular weight is 361 g/mol. The smallest absolute Gasteiger partial charge is 0.250 e. The molecule has 7 heteroatoms. The SMILES string of the molecule is C[C@@H](NS(=O)(=O)c1cccs1)c1cccc(C(=O)c2ccco2)c1. The second kappa shape index (κ2) is 6.72. The summed E-state index contributed by atoms with van der Waals surface area (Å²) in [6, 6.07) is 12.9. The molecule has 0 aliphatic rings. The fourth-order valence-corrected chi connectivity index (χ4v) is 4.52. The molecule has 5 nitrogen and oxygen atoms in total. The number of sulfonamides is 1. The highest BCUT2D eigenvalue weighted by Crippen LogP contribution is 2.21. The van der Waals surface area contributed by atoms with E-state index in [1.165, 1.54) is 6.26 Å². The van der Waals surface area contributed by atoms with Crippen molar-refractivity contribution in [3.05, 3.63) is 77.1 Å². The fourth-order valence-electron chi connectivity index (χ4n) is 2.27. The molecule has 0 saturated carbocycles. The van der Waals surface area contributed by atoms with Gasteiger partial charge in [-0.3, -0.25) is 4.79 Å². The molecule has 124 valence electrons. The molecule has 24 heavy (non-hydrogen) atoms. The Labute approximate surface area is 144 Å². The van der Waals surface area contributed by atoms with Crippen LogP contribution in [0, 0.1) is 0 Å². The van der Waals surface area contributed by atoms with Gasteiger partial charge >= 0.3 is 0 Å². The van der Waals surface area contributed by atoms with Gasteiger partial charge < -0.3 is 4.42 Å². The highest BCUT2D eigenvalue weighted by atomic mass is 32.2. The Kier molecular flexibility index (Phi) is 4.66. The summed E-state index contributed by atoms with van der Waals surface area (Å²) in [5, 5.41) is 1.71. The first-order valence-electron chi connectivity index (χ1n) is 7.21. The van der Waals surface area contributed by atoms with Gasteiger partial charge in [0.05, 0.1) is 6.26 Å². The van der Waals surface area contributed by atoms with Gasteiger partial charge in [0.25, 0.3) is 10.0 Å². The van der Waals surface area contributed by atoms with Gasteiger partial charge in [0.15, 0.2) is 5.76 Å². The summed E-state index contributed by atoms with van der Waals surface area (Å²) in [6.45, 7) is 1.74. The molecular formula is C17H15NO4S2. The number of furan rings is 1. The Morgan fingerprint density at radius 3 is 2.67 bits per heavy atom. The summed E-state index contributed by atoms with van der Waals surface area (Å²) in [5.74, 6) is 0.00846. The fraction of sp³-hybridized carbons (Fsp3) is 0.118. The van der Waals surface area contributed by atoms with Gasteiger partial charge in [-0.2, -0.15) is 0 Å². The molecule has 1 atom stereocenters. The minimum Gasteiger partial charge on any atom is -0.461 e. The lowest BCUT2D eigenvalue weighted by Gasteiger charge is -2.14. The van der Waals surface area contributed by atoms with Crippen molar-refractivity contribution >= 4 is 27.1 Å². The van der Waals surface area contributed by atoms with Gasteiger partial charge in [-0.25, -0.2) is 13.1 Å². The predicted molar refractivity (Wildman–Crippen MR) is 91.6 cm³/mol. The topological polar surface area (TPSA) is 76.4 Å². The number of thiophene rings is 1. The van der Waals surface area contributed by atoms with Crippen LogP contribution in [0.3, 0.4) is 0 Å². The zero-order valence-electron chi connectivity index (χ0n) is 12.8. The molecule has 0 aliphatic carbocycles. The molecule has 1 aromatic carbocycles. The molecule has 0 radical (unpaired) electrons. The first-order valence-corrected chi connectivity index (χ1v) is 9.57. The van der Waals surface area contributed by atoms with Crippen molar-refractivity contribution in [2.45, 2.75) is 17.2 Å². The maximum absolute atomic E-state index is 12.3. The number of nitrogens with one attached hydrogen (secondary N) is 1. The van der Waals surface area contributed by atoms with Crippen molar-refractivity contribution in [3.8, 4) is 0 Å². The van der Waals surface area contributed by atoms with Crippen LogP contribution in [0.25, 0.3) is 0 Å². The van der Waals surface area contributed by atoms with E-state index in [9.17, 15) is 13.2 Å². The van der Waals surface area contributed by atoms with Crippen LogP contribution in [-0.2, 0) is 10.0 Å². The van der Waals surface area contributed by atoms with E-state index in [-0.39, 0.29) is 15.8 Å². The third-order valence-electron chi connectivity index (χ3n) is 3.49. The number of benzene rings is 1. The minimum atomic E-state index is -3.58. The number of hydrogen-bond acceptors (Lipinski definition) is 5. The lowest BCUT2D eigenvalue weighted by molar-refractivity contribution is 0.101. The molecule has 3 aromatic rings. The average Bonchev–Trinajstić information content (AvgIpc) is 3.27. The Morgan fingerprint density at radius 1 is 1.17 bits per heavy atom. The van der Waals surface area contributed by atoms with Crippen molar-refractivity contribution < 1.29 is 17.6 Å². The van der Waals surface area contributed by atoms with Crippen LogP contribution in [0.15, 0.2) is 68.8 Å². The van der Waals surface area contributed by atoms with Gasteiger partial charge in [0.1, 0.15) is 4.21 Å². The van der Waals surface area contributed by atoms with Crippen LogP contribution in [0.1, 0.15) is 34.6 Å². The number of carbonyl (C=O) groups excluding carboxylic acids is 1. The molecule has 0 unspecified atom stereocenters. The zero-order valence-corrected chi connectivity index (χ0v) is 14.4. The Morgan fingerprint density at radius 2 is 2.00 bits per heavy atom. The molecule has 0 fully saturated rings. The van der Waals surface area contributed by atoms with Gasteiger partial charge in [0.2, 0.25) is 5.78 Å². The summed E-state index contributed by atoms with van der Waals surface area (Å²) in [6.07, 6.45) is 1.44.